The molecule has 0 bridgehead atoms. The van der Waals surface area contributed by atoms with E-state index in [0.717, 1.165) is 17.0 Å². The van der Waals surface area contributed by atoms with Gasteiger partial charge >= 0.3 is 0 Å². The molecule has 1 heterocycles. The molecule has 0 spiro atoms. The molecular weight excluding hydrogens is 531 g/mol. The van der Waals surface area contributed by atoms with E-state index < -0.39 is 10.0 Å². The fourth-order valence-corrected chi connectivity index (χ4v) is 5.43. The highest BCUT2D eigenvalue weighted by Crippen LogP contribution is 2.27. The summed E-state index contributed by atoms with van der Waals surface area (Å²) < 4.78 is 39.9. The normalized spacial score (nSPS) is 11.9. The van der Waals surface area contributed by atoms with E-state index in [2.05, 4.69) is 4.99 Å². The van der Waals surface area contributed by atoms with E-state index in [0.29, 0.717) is 33.7 Å². The molecule has 0 N–H and O–H groups in total. The van der Waals surface area contributed by atoms with Crippen LogP contribution < -0.4 is 4.74 Å². The summed E-state index contributed by atoms with van der Waals surface area (Å²) in [7, 11) is -3.86. The van der Waals surface area contributed by atoms with Gasteiger partial charge in [0.1, 0.15) is 17.3 Å². The van der Waals surface area contributed by atoms with Crippen LogP contribution in [-0.2, 0) is 23.1 Å². The highest BCUT2D eigenvalue weighted by atomic mass is 35.5. The second kappa shape index (κ2) is 12.0. The van der Waals surface area contributed by atoms with Gasteiger partial charge in [0.25, 0.3) is 0 Å². The number of sulfonamides is 1. The minimum Gasteiger partial charge on any atom is -0.494 e. The number of ether oxygens (including phenoxy) is 1. The van der Waals surface area contributed by atoms with Crippen LogP contribution in [0, 0.1) is 6.92 Å². The molecular formula is C28H26Cl2N2O4S. The Kier molecular flexibility index (Phi) is 8.71. The smallest absolute Gasteiger partial charge is 0.243 e. The van der Waals surface area contributed by atoms with E-state index in [1.54, 1.807) is 60.8 Å². The predicted octanol–water partition coefficient (Wildman–Crippen LogP) is 7.44. The van der Waals surface area contributed by atoms with Crippen LogP contribution in [-0.4, -0.2) is 25.5 Å². The van der Waals surface area contributed by atoms with Gasteiger partial charge in [0.15, 0.2) is 0 Å². The van der Waals surface area contributed by atoms with Crippen molar-refractivity contribution in [3.8, 4) is 5.75 Å². The van der Waals surface area contributed by atoms with Gasteiger partial charge in [-0.25, -0.2) is 8.42 Å². The lowest BCUT2D eigenvalue weighted by Crippen LogP contribution is -2.30. The van der Waals surface area contributed by atoms with Crippen LogP contribution in [0.3, 0.4) is 0 Å². The first-order valence-corrected chi connectivity index (χ1v) is 13.8. The molecule has 3 aromatic carbocycles. The van der Waals surface area contributed by atoms with Crippen molar-refractivity contribution in [3.63, 3.8) is 0 Å². The van der Waals surface area contributed by atoms with Crippen molar-refractivity contribution >= 4 is 45.1 Å². The second-order valence-corrected chi connectivity index (χ2v) is 11.1. The van der Waals surface area contributed by atoms with E-state index >= 15 is 0 Å². The number of hydrogen-bond donors (Lipinski definition) is 0. The van der Waals surface area contributed by atoms with Gasteiger partial charge < -0.3 is 9.15 Å². The maximum absolute atomic E-state index is 13.6. The van der Waals surface area contributed by atoms with Gasteiger partial charge in [-0.05, 0) is 80.1 Å². The van der Waals surface area contributed by atoms with Crippen molar-refractivity contribution in [2.45, 2.75) is 31.8 Å². The van der Waals surface area contributed by atoms with Crippen LogP contribution in [0.5, 0.6) is 5.75 Å². The van der Waals surface area contributed by atoms with Crippen LogP contribution in [0.4, 0.5) is 5.69 Å². The summed E-state index contributed by atoms with van der Waals surface area (Å²) in [5.41, 5.74) is 2.33. The van der Waals surface area contributed by atoms with E-state index in [1.165, 1.54) is 4.31 Å². The lowest BCUT2D eigenvalue weighted by atomic mass is 10.2. The number of aliphatic imine (C=N–C) groups is 1. The fourth-order valence-electron chi connectivity index (χ4n) is 3.58. The second-order valence-electron chi connectivity index (χ2n) is 8.31. The van der Waals surface area contributed by atoms with Gasteiger partial charge in [-0.15, -0.1) is 0 Å². The molecule has 0 saturated carbocycles. The molecule has 0 atom stereocenters. The van der Waals surface area contributed by atoms with E-state index in [9.17, 15) is 8.42 Å². The first-order chi connectivity index (χ1) is 17.7. The topological polar surface area (TPSA) is 72.1 Å². The molecule has 192 valence electrons. The Morgan fingerprint density at radius 2 is 1.68 bits per heavy atom. The SMILES string of the molecule is CCOc1ccc(N=Cc2ccc(CN(Cc3ccc(Cl)cc3Cl)S(=O)(=O)c3ccc(C)cc3)o2)cc1. The first-order valence-electron chi connectivity index (χ1n) is 11.6. The molecule has 0 aliphatic heterocycles. The third-order valence-corrected chi connectivity index (χ3v) is 7.92. The maximum atomic E-state index is 13.6. The quantitative estimate of drug-likeness (QED) is 0.190. The number of nitrogens with zero attached hydrogens (tertiary/aromatic N) is 2. The van der Waals surface area contributed by atoms with Gasteiger partial charge in [0.2, 0.25) is 10.0 Å². The largest absolute Gasteiger partial charge is 0.494 e. The summed E-state index contributed by atoms with van der Waals surface area (Å²) in [5.74, 6) is 1.74. The fraction of sp³-hybridized carbons (Fsp3) is 0.179. The summed E-state index contributed by atoms with van der Waals surface area (Å²) in [6.45, 7) is 4.48. The molecule has 9 heteroatoms. The Morgan fingerprint density at radius 1 is 0.946 bits per heavy atom. The molecule has 4 rings (SSSR count). The summed E-state index contributed by atoms with van der Waals surface area (Å²) >= 11 is 12.4. The van der Waals surface area contributed by atoms with Crippen molar-refractivity contribution < 1.29 is 17.6 Å². The Labute approximate surface area is 227 Å². The molecule has 4 aromatic rings. The van der Waals surface area contributed by atoms with E-state index in [1.807, 2.05) is 38.1 Å². The zero-order chi connectivity index (χ0) is 26.4. The number of hydrogen-bond acceptors (Lipinski definition) is 5. The standard InChI is InChI=1S/C28H26Cl2N2O4S/c1-3-35-24-10-8-23(9-11-24)31-17-25-12-13-26(36-25)19-32(18-21-6-7-22(29)16-28(21)30)37(33,34)27-14-4-20(2)5-15-27/h4-17H,3,18-19H2,1-2H3. The average Bonchev–Trinajstić information content (AvgIpc) is 3.32. The van der Waals surface area contributed by atoms with Crippen LogP contribution in [0.1, 0.15) is 29.6 Å². The van der Waals surface area contributed by atoms with Crippen LogP contribution in [0.15, 0.2) is 93.2 Å². The van der Waals surface area contributed by atoms with Crippen molar-refractivity contribution in [2.24, 2.45) is 4.99 Å². The Hall–Kier alpha value is -3.10. The van der Waals surface area contributed by atoms with E-state index in [-0.39, 0.29) is 18.0 Å². The third kappa shape index (κ3) is 7.02. The van der Waals surface area contributed by atoms with Gasteiger partial charge in [-0.3, -0.25) is 4.99 Å². The molecule has 0 amide bonds. The van der Waals surface area contributed by atoms with Gasteiger partial charge in [-0.1, -0.05) is 47.0 Å². The van der Waals surface area contributed by atoms with Gasteiger partial charge in [-0.2, -0.15) is 4.31 Å². The third-order valence-electron chi connectivity index (χ3n) is 5.52. The molecule has 0 aliphatic rings. The molecule has 0 radical (unpaired) electrons. The minimum atomic E-state index is -3.86. The molecule has 0 saturated heterocycles. The van der Waals surface area contributed by atoms with Crippen LogP contribution >= 0.6 is 23.2 Å². The van der Waals surface area contributed by atoms with Crippen molar-refractivity contribution in [1.82, 2.24) is 4.31 Å². The van der Waals surface area contributed by atoms with E-state index in [4.69, 9.17) is 32.4 Å². The number of rotatable bonds is 10. The molecule has 37 heavy (non-hydrogen) atoms. The number of halogens is 2. The maximum Gasteiger partial charge on any atom is 0.243 e. The Morgan fingerprint density at radius 3 is 2.35 bits per heavy atom. The number of benzene rings is 3. The highest BCUT2D eigenvalue weighted by Gasteiger charge is 2.26. The monoisotopic (exact) mass is 556 g/mol. The van der Waals surface area contributed by atoms with Crippen LogP contribution in [0.25, 0.3) is 0 Å². The zero-order valence-electron chi connectivity index (χ0n) is 20.4. The number of furan rings is 1. The summed E-state index contributed by atoms with van der Waals surface area (Å²) in [6.07, 6.45) is 1.59. The molecule has 0 aliphatic carbocycles. The summed E-state index contributed by atoms with van der Waals surface area (Å²) in [4.78, 5) is 4.61. The Bertz CT molecular complexity index is 1480. The van der Waals surface area contributed by atoms with Crippen molar-refractivity contribution in [2.75, 3.05) is 6.61 Å². The number of aryl methyl sites for hydroxylation is 1. The first kappa shape index (κ1) is 26.9. The average molecular weight is 557 g/mol. The lowest BCUT2D eigenvalue weighted by molar-refractivity contribution is 0.340. The predicted molar refractivity (Wildman–Crippen MR) is 148 cm³/mol. The highest BCUT2D eigenvalue weighted by molar-refractivity contribution is 7.89. The minimum absolute atomic E-state index is 0.00601. The summed E-state index contributed by atoms with van der Waals surface area (Å²) in [6, 6.07) is 22.6. The van der Waals surface area contributed by atoms with Gasteiger partial charge in [0.05, 0.1) is 29.9 Å². The summed E-state index contributed by atoms with van der Waals surface area (Å²) in [5, 5.41) is 0.864. The molecule has 1 aromatic heterocycles. The van der Waals surface area contributed by atoms with Crippen molar-refractivity contribution in [3.05, 3.63) is 112 Å². The van der Waals surface area contributed by atoms with Crippen LogP contribution in [0.2, 0.25) is 10.0 Å². The van der Waals surface area contributed by atoms with Crippen molar-refractivity contribution in [1.29, 1.82) is 0 Å². The molecule has 0 unspecified atom stereocenters. The zero-order valence-corrected chi connectivity index (χ0v) is 22.7. The molecule has 0 fully saturated rings. The Balaban J connectivity index is 1.57. The van der Waals surface area contributed by atoms with Gasteiger partial charge in [0, 0.05) is 16.6 Å². The molecule has 6 nitrogen and oxygen atoms in total. The lowest BCUT2D eigenvalue weighted by Gasteiger charge is -2.22.